The zero-order valence-electron chi connectivity index (χ0n) is 17.9. The molecule has 164 valence electrons. The largest absolute Gasteiger partial charge is 0.467 e. The Hall–Kier alpha value is -3.19. The van der Waals surface area contributed by atoms with Crippen LogP contribution in [0.3, 0.4) is 0 Å². The number of rotatable bonds is 3. The van der Waals surface area contributed by atoms with Crippen molar-refractivity contribution >= 4 is 23.3 Å². The number of benzene rings is 1. The summed E-state index contributed by atoms with van der Waals surface area (Å²) >= 11 is 0. The number of ketones is 1. The summed E-state index contributed by atoms with van der Waals surface area (Å²) < 4.78 is 12.0. The van der Waals surface area contributed by atoms with Gasteiger partial charge in [-0.3, -0.25) is 14.4 Å². The molecule has 0 aliphatic carbocycles. The van der Waals surface area contributed by atoms with Crippen molar-refractivity contribution in [3.8, 4) is 0 Å². The van der Waals surface area contributed by atoms with Crippen molar-refractivity contribution in [3.05, 3.63) is 66.1 Å². The number of hydrogen-bond acceptors (Lipinski definition) is 5. The number of anilines is 1. The quantitative estimate of drug-likeness (QED) is 0.754. The first kappa shape index (κ1) is 19.5. The highest BCUT2D eigenvalue weighted by Gasteiger charge is 2.74. The number of nitrogens with one attached hydrogen (secondary N) is 1. The Morgan fingerprint density at radius 2 is 1.97 bits per heavy atom. The Balaban J connectivity index is 1.38. The molecule has 2 aromatic rings. The molecule has 0 radical (unpaired) electrons. The molecule has 3 fully saturated rings. The highest BCUT2D eigenvalue weighted by molar-refractivity contribution is 6.00. The molecule has 2 bridgehead atoms. The number of nitrogens with zero attached hydrogens (tertiary/aromatic N) is 1. The van der Waals surface area contributed by atoms with Crippen LogP contribution in [0, 0.1) is 24.7 Å². The van der Waals surface area contributed by atoms with Crippen LogP contribution in [0.15, 0.2) is 59.2 Å². The summed E-state index contributed by atoms with van der Waals surface area (Å²) in [6.45, 7) is 3.84. The smallest absolute Gasteiger partial charge is 0.231 e. The molecule has 1 aromatic carbocycles. The van der Waals surface area contributed by atoms with Crippen LogP contribution in [0.5, 0.6) is 0 Å². The molecule has 7 nitrogen and oxygen atoms in total. The summed E-state index contributed by atoms with van der Waals surface area (Å²) in [6.07, 6.45) is 5.05. The van der Waals surface area contributed by atoms with Crippen molar-refractivity contribution in [1.82, 2.24) is 4.90 Å². The number of carbonyl (C=O) groups is 3. The normalized spacial score (nSPS) is 37.0. The van der Waals surface area contributed by atoms with E-state index in [2.05, 4.69) is 5.32 Å². The van der Waals surface area contributed by atoms with Gasteiger partial charge in [-0.2, -0.15) is 0 Å². The average molecular weight is 432 g/mol. The van der Waals surface area contributed by atoms with E-state index in [4.69, 9.17) is 9.15 Å². The fourth-order valence-corrected chi connectivity index (χ4v) is 6.13. The Bertz CT molecular complexity index is 1140. The van der Waals surface area contributed by atoms with Gasteiger partial charge in [-0.15, -0.1) is 0 Å². The van der Waals surface area contributed by atoms with Crippen LogP contribution in [0.2, 0.25) is 0 Å². The minimum Gasteiger partial charge on any atom is -0.467 e. The van der Waals surface area contributed by atoms with Crippen molar-refractivity contribution in [2.75, 3.05) is 5.32 Å². The van der Waals surface area contributed by atoms with Gasteiger partial charge in [0.2, 0.25) is 11.8 Å². The van der Waals surface area contributed by atoms with Gasteiger partial charge in [0.25, 0.3) is 0 Å². The molecular formula is C25H24N2O5. The molecule has 5 heterocycles. The summed E-state index contributed by atoms with van der Waals surface area (Å²) in [4.78, 5) is 41.9. The van der Waals surface area contributed by atoms with E-state index >= 15 is 0 Å². The monoisotopic (exact) mass is 432 g/mol. The number of aryl methyl sites for hydroxylation is 1. The van der Waals surface area contributed by atoms with E-state index in [-0.39, 0.29) is 24.0 Å². The third-order valence-electron chi connectivity index (χ3n) is 7.57. The van der Waals surface area contributed by atoms with Gasteiger partial charge in [0.05, 0.1) is 36.3 Å². The van der Waals surface area contributed by atoms with Crippen molar-refractivity contribution in [2.45, 2.75) is 44.1 Å². The fourth-order valence-electron chi connectivity index (χ4n) is 6.13. The summed E-state index contributed by atoms with van der Waals surface area (Å²) in [7, 11) is 0. The Kier molecular flexibility index (Phi) is 4.05. The topological polar surface area (TPSA) is 88.9 Å². The van der Waals surface area contributed by atoms with Gasteiger partial charge in [0.1, 0.15) is 17.1 Å². The van der Waals surface area contributed by atoms with E-state index in [1.54, 1.807) is 23.3 Å². The molecule has 1 N–H and O–H groups in total. The van der Waals surface area contributed by atoms with E-state index in [1.165, 1.54) is 0 Å². The highest BCUT2D eigenvalue weighted by atomic mass is 16.5. The van der Waals surface area contributed by atoms with Crippen LogP contribution in [0.4, 0.5) is 5.69 Å². The standard InChI is InChI=1S/C25H24N2O5/c1-13-5-7-15(8-6-13)26-23(29)20-19-9-10-25(32-19)21(20)24(30)27-16(18-4-3-11-31-18)12-17(28)14(2)22(25)27/h3-11,14,16,19-22H,12H2,1-2H3,(H,26,29)/t14?,16?,19-,20?,21?,22?,25+/m1/s1. The number of carbonyl (C=O) groups excluding carboxylic acids is 3. The highest BCUT2D eigenvalue weighted by Crippen LogP contribution is 2.59. The molecule has 32 heavy (non-hydrogen) atoms. The minimum absolute atomic E-state index is 0.0727. The zero-order chi connectivity index (χ0) is 22.2. The molecule has 3 saturated heterocycles. The lowest BCUT2D eigenvalue weighted by atomic mass is 9.70. The first-order valence-electron chi connectivity index (χ1n) is 11.0. The van der Waals surface area contributed by atoms with Gasteiger partial charge in [-0.1, -0.05) is 36.8 Å². The summed E-state index contributed by atoms with van der Waals surface area (Å²) in [5, 5.41) is 2.96. The Labute approximate surface area is 185 Å². The summed E-state index contributed by atoms with van der Waals surface area (Å²) in [5.41, 5.74) is 0.803. The maximum atomic E-state index is 13.9. The van der Waals surface area contributed by atoms with E-state index in [1.807, 2.05) is 50.3 Å². The van der Waals surface area contributed by atoms with Gasteiger partial charge in [-0.25, -0.2) is 0 Å². The molecule has 1 spiro atoms. The molecule has 0 saturated carbocycles. The maximum absolute atomic E-state index is 13.9. The number of amides is 2. The average Bonchev–Trinajstić information content (AvgIpc) is 3.54. The predicted octanol–water partition coefficient (Wildman–Crippen LogP) is 3.03. The van der Waals surface area contributed by atoms with E-state index in [9.17, 15) is 14.4 Å². The van der Waals surface area contributed by atoms with Crippen LogP contribution in [-0.4, -0.2) is 40.2 Å². The number of piperidine rings is 1. The lowest BCUT2D eigenvalue weighted by Gasteiger charge is -2.43. The number of hydrogen-bond donors (Lipinski definition) is 1. The lowest BCUT2D eigenvalue weighted by molar-refractivity contribution is -0.147. The SMILES string of the molecule is Cc1ccc(NC(=O)C2C3C(=O)N4C(c5ccco5)CC(=O)C(C)C4[C@]34C=C[C@H]2O4)cc1. The molecule has 7 atom stereocenters. The number of furan rings is 1. The molecular weight excluding hydrogens is 408 g/mol. The van der Waals surface area contributed by atoms with Crippen molar-refractivity contribution in [1.29, 1.82) is 0 Å². The molecule has 4 aliphatic heterocycles. The maximum Gasteiger partial charge on any atom is 0.231 e. The second kappa shape index (κ2) is 6.65. The molecule has 7 heteroatoms. The van der Waals surface area contributed by atoms with Crippen molar-refractivity contribution < 1.29 is 23.5 Å². The number of fused-ring (bicyclic) bond motifs is 2. The number of Topliss-reactive ketones (excluding diaryl/α,β-unsaturated/α-hetero) is 1. The van der Waals surface area contributed by atoms with Gasteiger partial charge in [0.15, 0.2) is 0 Å². The molecule has 1 aromatic heterocycles. The van der Waals surface area contributed by atoms with Gasteiger partial charge in [0, 0.05) is 18.0 Å². The molecule has 6 rings (SSSR count). The van der Waals surface area contributed by atoms with E-state index < -0.39 is 41.5 Å². The first-order valence-corrected chi connectivity index (χ1v) is 11.0. The van der Waals surface area contributed by atoms with Crippen LogP contribution in [0.25, 0.3) is 0 Å². The molecule has 5 unspecified atom stereocenters. The Morgan fingerprint density at radius 1 is 1.19 bits per heavy atom. The van der Waals surface area contributed by atoms with Crippen LogP contribution in [0.1, 0.15) is 30.7 Å². The lowest BCUT2D eigenvalue weighted by Crippen LogP contribution is -2.55. The molecule has 2 amide bonds. The van der Waals surface area contributed by atoms with Crippen LogP contribution < -0.4 is 5.32 Å². The number of ether oxygens (including phenoxy) is 1. The fraction of sp³-hybridized carbons (Fsp3) is 0.400. The van der Waals surface area contributed by atoms with E-state index in [0.29, 0.717) is 11.4 Å². The predicted molar refractivity (Wildman–Crippen MR) is 114 cm³/mol. The van der Waals surface area contributed by atoms with Crippen LogP contribution >= 0.6 is 0 Å². The second-order valence-corrected chi connectivity index (χ2v) is 9.33. The van der Waals surface area contributed by atoms with Crippen molar-refractivity contribution in [2.24, 2.45) is 17.8 Å². The molecule has 4 aliphatic rings. The minimum atomic E-state index is -0.975. The van der Waals surface area contributed by atoms with Gasteiger partial charge >= 0.3 is 0 Å². The second-order valence-electron chi connectivity index (χ2n) is 9.33. The van der Waals surface area contributed by atoms with E-state index in [0.717, 1.165) is 5.56 Å². The first-order chi connectivity index (χ1) is 15.4. The zero-order valence-corrected chi connectivity index (χ0v) is 17.9. The Morgan fingerprint density at radius 3 is 2.69 bits per heavy atom. The third-order valence-corrected chi connectivity index (χ3v) is 7.57. The summed E-state index contributed by atoms with van der Waals surface area (Å²) in [5.74, 6) is -1.44. The summed E-state index contributed by atoms with van der Waals surface area (Å²) in [6, 6.07) is 10.2. The van der Waals surface area contributed by atoms with Gasteiger partial charge in [-0.05, 0) is 31.2 Å². The third kappa shape index (κ3) is 2.48. The van der Waals surface area contributed by atoms with Crippen LogP contribution in [-0.2, 0) is 19.1 Å². The van der Waals surface area contributed by atoms with Gasteiger partial charge < -0.3 is 19.4 Å². The van der Waals surface area contributed by atoms with Crippen molar-refractivity contribution in [3.63, 3.8) is 0 Å².